The number of methoxy groups -OCH3 is 1. The van der Waals surface area contributed by atoms with E-state index in [1.165, 1.54) is 11.8 Å². The van der Waals surface area contributed by atoms with Crippen molar-refractivity contribution < 1.29 is 14.3 Å². The van der Waals surface area contributed by atoms with Gasteiger partial charge in [-0.3, -0.25) is 9.59 Å². The molecule has 1 atom stereocenters. The minimum Gasteiger partial charge on any atom is -0.497 e. The van der Waals surface area contributed by atoms with Crippen molar-refractivity contribution in [2.75, 3.05) is 24.7 Å². The van der Waals surface area contributed by atoms with Gasteiger partial charge in [0.05, 0.1) is 19.4 Å². The van der Waals surface area contributed by atoms with Gasteiger partial charge in [0.15, 0.2) is 0 Å². The molecule has 1 saturated heterocycles. The van der Waals surface area contributed by atoms with E-state index in [1.54, 1.807) is 31.4 Å². The fourth-order valence-corrected chi connectivity index (χ4v) is 2.37. The third kappa shape index (κ3) is 4.41. The van der Waals surface area contributed by atoms with Crippen LogP contribution in [0.5, 0.6) is 5.75 Å². The van der Waals surface area contributed by atoms with Crippen LogP contribution in [0.2, 0.25) is 0 Å². The lowest BCUT2D eigenvalue weighted by molar-refractivity contribution is -0.122. The molecule has 0 bridgehead atoms. The Morgan fingerprint density at radius 2 is 2.40 bits per heavy atom. The highest BCUT2D eigenvalue weighted by Gasteiger charge is 2.18. The van der Waals surface area contributed by atoms with E-state index in [0.717, 1.165) is 0 Å². The summed E-state index contributed by atoms with van der Waals surface area (Å²) in [7, 11) is 1.57. The molecule has 0 aliphatic carbocycles. The molecule has 1 unspecified atom stereocenters. The van der Waals surface area contributed by atoms with Crippen LogP contribution in [-0.2, 0) is 9.59 Å². The van der Waals surface area contributed by atoms with Crippen molar-refractivity contribution in [3.05, 3.63) is 24.3 Å². The number of amides is 2. The molecule has 0 saturated carbocycles. The van der Waals surface area contributed by atoms with Gasteiger partial charge in [0.25, 0.3) is 0 Å². The van der Waals surface area contributed by atoms with Gasteiger partial charge in [-0.2, -0.15) is 0 Å². The number of carbonyl (C=O) groups is 2. The second-order valence-corrected chi connectivity index (χ2v) is 5.13. The van der Waals surface area contributed by atoms with Crippen molar-refractivity contribution in [2.24, 2.45) is 0 Å². The predicted octanol–water partition coefficient (Wildman–Crippen LogP) is -0.125. The molecule has 0 aromatic heterocycles. The molecule has 2 amide bonds. The Kier molecular flexibility index (Phi) is 5.22. The molecule has 4 N–H and O–H groups in total. The number of hydrazine groups is 1. The van der Waals surface area contributed by atoms with Crippen molar-refractivity contribution >= 4 is 29.3 Å². The number of benzene rings is 1. The first-order chi connectivity index (χ1) is 9.67. The maximum Gasteiger partial charge on any atom is 0.237 e. The lowest BCUT2D eigenvalue weighted by Gasteiger charge is -2.24. The number of hydrogen-bond donors (Lipinski definition) is 4. The summed E-state index contributed by atoms with van der Waals surface area (Å²) in [6.45, 7) is 0.229. The molecule has 1 fully saturated rings. The predicted molar refractivity (Wildman–Crippen MR) is 77.2 cm³/mol. The Hall–Kier alpha value is -1.77. The van der Waals surface area contributed by atoms with Crippen LogP contribution in [0.25, 0.3) is 0 Å². The van der Waals surface area contributed by atoms with E-state index in [2.05, 4.69) is 21.5 Å². The van der Waals surface area contributed by atoms with Gasteiger partial charge in [-0.15, -0.1) is 11.8 Å². The molecule has 0 spiro atoms. The van der Waals surface area contributed by atoms with Crippen molar-refractivity contribution in [3.8, 4) is 5.75 Å². The summed E-state index contributed by atoms with van der Waals surface area (Å²) >= 11 is 1.29. The molecule has 0 radical (unpaired) electrons. The first kappa shape index (κ1) is 14.6. The summed E-state index contributed by atoms with van der Waals surface area (Å²) in [4.78, 5) is 22.9. The quantitative estimate of drug-likeness (QED) is 0.605. The number of hydrogen-bond acceptors (Lipinski definition) is 6. The average molecular weight is 296 g/mol. The van der Waals surface area contributed by atoms with Crippen LogP contribution in [0.3, 0.4) is 0 Å². The standard InChI is InChI=1S/C12H16N4O3S/c1-19-9-4-2-3-8(5-9)14-11(18)7-20-12-15-10(17)6-13-16-12/h2-5,12-13,16H,6-7H2,1H3,(H,14,18)(H,15,17). The van der Waals surface area contributed by atoms with E-state index in [1.807, 2.05) is 0 Å². The second-order valence-electron chi connectivity index (χ2n) is 4.04. The van der Waals surface area contributed by atoms with Gasteiger partial charge in [0.1, 0.15) is 11.2 Å². The van der Waals surface area contributed by atoms with Gasteiger partial charge < -0.3 is 15.4 Å². The van der Waals surface area contributed by atoms with Crippen LogP contribution < -0.4 is 26.2 Å². The molecule has 1 aromatic rings. The highest BCUT2D eigenvalue weighted by atomic mass is 32.2. The van der Waals surface area contributed by atoms with Crippen molar-refractivity contribution in [3.63, 3.8) is 0 Å². The first-order valence-corrected chi connectivity index (χ1v) is 7.05. The zero-order valence-electron chi connectivity index (χ0n) is 10.9. The van der Waals surface area contributed by atoms with Gasteiger partial charge in [-0.05, 0) is 12.1 Å². The van der Waals surface area contributed by atoms with Crippen LogP contribution in [0.4, 0.5) is 5.69 Å². The van der Waals surface area contributed by atoms with E-state index < -0.39 is 0 Å². The van der Waals surface area contributed by atoms with Crippen molar-refractivity contribution in [2.45, 2.75) is 5.50 Å². The molecule has 1 aliphatic heterocycles. The number of anilines is 1. The van der Waals surface area contributed by atoms with Gasteiger partial charge >= 0.3 is 0 Å². The van der Waals surface area contributed by atoms with E-state index in [4.69, 9.17) is 4.74 Å². The Morgan fingerprint density at radius 3 is 3.15 bits per heavy atom. The molecule has 20 heavy (non-hydrogen) atoms. The van der Waals surface area contributed by atoms with Crippen molar-refractivity contribution in [1.29, 1.82) is 0 Å². The molecular formula is C12H16N4O3S. The summed E-state index contributed by atoms with van der Waals surface area (Å²) in [6, 6.07) is 7.13. The molecule has 108 valence electrons. The number of nitrogens with one attached hydrogen (secondary N) is 4. The number of rotatable bonds is 5. The topological polar surface area (TPSA) is 91.5 Å². The highest BCUT2D eigenvalue weighted by Crippen LogP contribution is 2.17. The monoisotopic (exact) mass is 296 g/mol. The average Bonchev–Trinajstić information content (AvgIpc) is 2.45. The third-order valence-corrected chi connectivity index (χ3v) is 3.51. The highest BCUT2D eigenvalue weighted by molar-refractivity contribution is 8.00. The molecular weight excluding hydrogens is 280 g/mol. The molecule has 1 aliphatic rings. The normalized spacial score (nSPS) is 18.2. The zero-order chi connectivity index (χ0) is 14.4. The number of thioether (sulfide) groups is 1. The Balaban J connectivity index is 1.78. The summed E-state index contributed by atoms with van der Waals surface area (Å²) < 4.78 is 5.08. The molecule has 1 heterocycles. The fraction of sp³-hybridized carbons (Fsp3) is 0.333. The minimum atomic E-state index is -0.313. The third-order valence-electron chi connectivity index (χ3n) is 2.51. The summed E-state index contributed by atoms with van der Waals surface area (Å²) in [6.07, 6.45) is 0. The van der Waals surface area contributed by atoms with Crippen LogP contribution >= 0.6 is 11.8 Å². The first-order valence-electron chi connectivity index (χ1n) is 6.00. The van der Waals surface area contributed by atoms with Crippen molar-refractivity contribution in [1.82, 2.24) is 16.2 Å². The lowest BCUT2D eigenvalue weighted by Crippen LogP contribution is -2.58. The van der Waals surface area contributed by atoms with Crippen LogP contribution in [0.15, 0.2) is 24.3 Å². The maximum absolute atomic E-state index is 11.8. The Labute approximate surface area is 120 Å². The van der Waals surface area contributed by atoms with Gasteiger partial charge in [-0.1, -0.05) is 6.07 Å². The van der Waals surface area contributed by atoms with Crippen LogP contribution in [-0.4, -0.2) is 36.7 Å². The second kappa shape index (κ2) is 7.13. The number of ether oxygens (including phenoxy) is 1. The van der Waals surface area contributed by atoms with Gasteiger partial charge in [-0.25, -0.2) is 10.9 Å². The maximum atomic E-state index is 11.8. The zero-order valence-corrected chi connectivity index (χ0v) is 11.8. The summed E-state index contributed by atoms with van der Waals surface area (Å²) in [5, 5.41) is 5.47. The summed E-state index contributed by atoms with van der Waals surface area (Å²) in [5.41, 5.74) is 5.97. The van der Waals surface area contributed by atoms with Gasteiger partial charge in [0, 0.05) is 11.8 Å². The lowest BCUT2D eigenvalue weighted by atomic mass is 10.3. The Morgan fingerprint density at radius 1 is 1.55 bits per heavy atom. The van der Waals surface area contributed by atoms with E-state index in [-0.39, 0.29) is 29.6 Å². The largest absolute Gasteiger partial charge is 0.497 e. The Bertz CT molecular complexity index is 497. The molecule has 2 rings (SSSR count). The SMILES string of the molecule is COc1cccc(NC(=O)CSC2NNCC(=O)N2)c1. The smallest absolute Gasteiger partial charge is 0.237 e. The van der Waals surface area contributed by atoms with E-state index in [0.29, 0.717) is 11.4 Å². The van der Waals surface area contributed by atoms with Crippen LogP contribution in [0.1, 0.15) is 0 Å². The molecule has 7 nitrogen and oxygen atoms in total. The summed E-state index contributed by atoms with van der Waals surface area (Å²) in [5.74, 6) is 0.650. The van der Waals surface area contributed by atoms with E-state index >= 15 is 0 Å². The number of carbonyl (C=O) groups excluding carboxylic acids is 2. The molecule has 1 aromatic carbocycles. The molecule has 8 heteroatoms. The van der Waals surface area contributed by atoms with Gasteiger partial charge in [0.2, 0.25) is 11.8 Å². The van der Waals surface area contributed by atoms with E-state index in [9.17, 15) is 9.59 Å². The van der Waals surface area contributed by atoms with Crippen LogP contribution in [0, 0.1) is 0 Å². The minimum absolute atomic E-state index is 0.102. The fourth-order valence-electron chi connectivity index (χ4n) is 1.60.